The van der Waals surface area contributed by atoms with E-state index in [1.165, 1.54) is 19.3 Å². The molecule has 29 heavy (non-hydrogen) atoms. The highest BCUT2D eigenvalue weighted by Crippen LogP contribution is 2.44. The van der Waals surface area contributed by atoms with Crippen molar-refractivity contribution in [1.82, 2.24) is 9.88 Å². The van der Waals surface area contributed by atoms with Crippen LogP contribution < -0.4 is 21.1 Å². The maximum Gasteiger partial charge on any atom is 0.319 e. The number of nitrogens with two attached hydrogens (primary N) is 1. The zero-order chi connectivity index (χ0) is 20.4. The topological polar surface area (TPSA) is 81.3 Å². The van der Waals surface area contributed by atoms with Gasteiger partial charge in [-0.2, -0.15) is 0 Å². The van der Waals surface area contributed by atoms with Crippen LogP contribution >= 0.6 is 0 Å². The Kier molecular flexibility index (Phi) is 5.34. The van der Waals surface area contributed by atoms with E-state index in [1.54, 1.807) is 7.11 Å². The number of carbonyl (C=O) groups excluding carboxylic acids is 1. The number of amides is 2. The van der Waals surface area contributed by atoms with Gasteiger partial charge in [-0.05, 0) is 56.0 Å². The van der Waals surface area contributed by atoms with Gasteiger partial charge in [-0.1, -0.05) is 19.1 Å². The van der Waals surface area contributed by atoms with Crippen molar-refractivity contribution in [2.45, 2.75) is 38.6 Å². The molecular formula is C23H28N4O2. The number of benzene rings is 2. The van der Waals surface area contributed by atoms with E-state index in [1.807, 2.05) is 43.3 Å². The molecule has 0 spiro atoms. The molecule has 0 saturated heterocycles. The first-order chi connectivity index (χ1) is 14.1. The van der Waals surface area contributed by atoms with Gasteiger partial charge in [-0.25, -0.2) is 4.79 Å². The fraction of sp³-hybridized carbons (Fsp3) is 0.348. The van der Waals surface area contributed by atoms with Gasteiger partial charge in [-0.15, -0.1) is 0 Å². The van der Waals surface area contributed by atoms with Crippen LogP contribution in [0.5, 0.6) is 5.75 Å². The second-order valence-corrected chi connectivity index (χ2v) is 7.56. The lowest BCUT2D eigenvalue weighted by Crippen LogP contribution is -2.29. The average molecular weight is 393 g/mol. The molecule has 0 bridgehead atoms. The summed E-state index contributed by atoms with van der Waals surface area (Å²) >= 11 is 0. The number of nitrogen functional groups attached to an aromatic ring is 1. The highest BCUT2D eigenvalue weighted by Gasteiger charge is 2.27. The minimum atomic E-state index is -0.185. The number of hydrogen-bond donors (Lipinski definition) is 3. The molecule has 6 nitrogen and oxygen atoms in total. The maximum atomic E-state index is 11.9. The summed E-state index contributed by atoms with van der Waals surface area (Å²) in [6.45, 7) is 2.68. The first kappa shape index (κ1) is 19.2. The number of urea groups is 1. The Bertz CT molecular complexity index is 1020. The largest absolute Gasteiger partial charge is 0.497 e. The van der Waals surface area contributed by atoms with Gasteiger partial charge in [0.15, 0.2) is 0 Å². The number of methoxy groups -OCH3 is 1. The van der Waals surface area contributed by atoms with E-state index < -0.39 is 0 Å². The lowest BCUT2D eigenvalue weighted by Gasteiger charge is -2.30. The zero-order valence-electron chi connectivity index (χ0n) is 17.0. The summed E-state index contributed by atoms with van der Waals surface area (Å²) in [5, 5.41) is 6.71. The molecule has 2 amide bonds. The van der Waals surface area contributed by atoms with Crippen LogP contribution in [0.4, 0.5) is 16.2 Å². The van der Waals surface area contributed by atoms with E-state index >= 15 is 0 Å². The van der Waals surface area contributed by atoms with Crippen molar-refractivity contribution in [2.75, 3.05) is 24.7 Å². The van der Waals surface area contributed by atoms with Crippen LogP contribution in [0.2, 0.25) is 0 Å². The molecule has 0 aliphatic heterocycles. The van der Waals surface area contributed by atoms with E-state index in [9.17, 15) is 4.79 Å². The fourth-order valence-electron chi connectivity index (χ4n) is 3.89. The number of fused-ring (bicyclic) bond motifs is 1. The van der Waals surface area contributed by atoms with Crippen molar-refractivity contribution >= 4 is 28.3 Å². The van der Waals surface area contributed by atoms with Gasteiger partial charge in [-0.3, -0.25) is 0 Å². The smallest absolute Gasteiger partial charge is 0.319 e. The molecule has 0 unspecified atom stereocenters. The number of carbonyl (C=O) groups is 1. The Hall–Kier alpha value is -3.15. The number of aromatic nitrogens is 1. The van der Waals surface area contributed by atoms with Crippen molar-refractivity contribution in [1.29, 1.82) is 0 Å². The van der Waals surface area contributed by atoms with Gasteiger partial charge in [0, 0.05) is 29.2 Å². The molecule has 4 rings (SSSR count). The predicted octanol–water partition coefficient (Wildman–Crippen LogP) is 5.16. The lowest BCUT2D eigenvalue weighted by molar-refractivity contribution is 0.252. The Morgan fingerprint density at radius 3 is 2.59 bits per heavy atom. The highest BCUT2D eigenvalue weighted by atomic mass is 16.5. The minimum absolute atomic E-state index is 0.185. The number of hydrogen-bond acceptors (Lipinski definition) is 3. The maximum absolute atomic E-state index is 11.9. The van der Waals surface area contributed by atoms with E-state index in [4.69, 9.17) is 10.5 Å². The van der Waals surface area contributed by atoms with E-state index in [-0.39, 0.29) is 6.03 Å². The third-order valence-electron chi connectivity index (χ3n) is 5.64. The third kappa shape index (κ3) is 3.62. The summed E-state index contributed by atoms with van der Waals surface area (Å²) < 4.78 is 7.78. The third-order valence-corrected chi connectivity index (χ3v) is 5.64. The second kappa shape index (κ2) is 8.07. The molecule has 1 aliphatic carbocycles. The van der Waals surface area contributed by atoms with Crippen molar-refractivity contribution in [2.24, 2.45) is 0 Å². The number of rotatable bonds is 6. The molecule has 2 aromatic carbocycles. The van der Waals surface area contributed by atoms with Crippen molar-refractivity contribution in [3.8, 4) is 17.0 Å². The molecule has 0 radical (unpaired) electrons. The van der Waals surface area contributed by atoms with E-state index in [0.717, 1.165) is 45.7 Å². The Morgan fingerprint density at radius 2 is 1.97 bits per heavy atom. The van der Waals surface area contributed by atoms with Gasteiger partial charge in [0.1, 0.15) is 5.75 Å². The highest BCUT2D eigenvalue weighted by molar-refractivity contribution is 6.02. The van der Waals surface area contributed by atoms with Crippen LogP contribution in [-0.2, 0) is 0 Å². The molecule has 1 aromatic heterocycles. The van der Waals surface area contributed by atoms with E-state index in [0.29, 0.717) is 12.6 Å². The molecule has 0 atom stereocenters. The molecule has 152 valence electrons. The molecule has 6 heteroatoms. The normalized spacial score (nSPS) is 13.9. The Morgan fingerprint density at radius 1 is 1.21 bits per heavy atom. The molecular weight excluding hydrogens is 364 g/mol. The van der Waals surface area contributed by atoms with Gasteiger partial charge in [0.25, 0.3) is 0 Å². The number of ether oxygens (including phenoxy) is 1. The summed E-state index contributed by atoms with van der Waals surface area (Å²) in [6.07, 6.45) is 4.48. The van der Waals surface area contributed by atoms with Gasteiger partial charge >= 0.3 is 6.03 Å². The quantitative estimate of drug-likeness (QED) is 0.542. The molecule has 1 heterocycles. The SMILES string of the molecule is CCCNC(=O)Nc1ccc(-c2c(N)c3cc(OC)ccc3n2C2CCC2)cc1. The Balaban J connectivity index is 1.71. The van der Waals surface area contributed by atoms with E-state index in [2.05, 4.69) is 21.3 Å². The molecule has 1 fully saturated rings. The zero-order valence-corrected chi connectivity index (χ0v) is 17.0. The van der Waals surface area contributed by atoms with Crippen molar-refractivity contribution in [3.05, 3.63) is 42.5 Å². The minimum Gasteiger partial charge on any atom is -0.497 e. The molecule has 4 N–H and O–H groups in total. The first-order valence-corrected chi connectivity index (χ1v) is 10.2. The summed E-state index contributed by atoms with van der Waals surface area (Å²) in [5.74, 6) is 0.805. The van der Waals surface area contributed by atoms with Crippen molar-refractivity contribution in [3.63, 3.8) is 0 Å². The number of nitrogens with one attached hydrogen (secondary N) is 2. The molecule has 1 saturated carbocycles. The Labute approximate surface area is 171 Å². The number of anilines is 2. The average Bonchev–Trinajstić information content (AvgIpc) is 2.97. The predicted molar refractivity (Wildman–Crippen MR) is 119 cm³/mol. The molecule has 3 aromatic rings. The second-order valence-electron chi connectivity index (χ2n) is 7.56. The van der Waals surface area contributed by atoms with Crippen LogP contribution in [0.3, 0.4) is 0 Å². The summed E-state index contributed by atoms with van der Waals surface area (Å²) in [4.78, 5) is 11.9. The lowest BCUT2D eigenvalue weighted by atomic mass is 9.92. The van der Waals surface area contributed by atoms with Crippen LogP contribution in [0.15, 0.2) is 42.5 Å². The van der Waals surface area contributed by atoms with Crippen LogP contribution in [-0.4, -0.2) is 24.3 Å². The standard InChI is InChI=1S/C23H28N4O2/c1-3-13-25-23(28)26-16-9-7-15(8-10-16)22-21(24)19-14-18(29-2)11-12-20(19)27(22)17-5-4-6-17/h7-12,14,17H,3-6,13,24H2,1-2H3,(H2,25,26,28). The van der Waals surface area contributed by atoms with Gasteiger partial charge in [0.2, 0.25) is 0 Å². The first-order valence-electron chi connectivity index (χ1n) is 10.2. The van der Waals surface area contributed by atoms with Crippen molar-refractivity contribution < 1.29 is 9.53 Å². The number of nitrogens with zero attached hydrogens (tertiary/aromatic N) is 1. The summed E-state index contributed by atoms with van der Waals surface area (Å²) in [7, 11) is 1.67. The summed E-state index contributed by atoms with van der Waals surface area (Å²) in [6, 6.07) is 14.3. The van der Waals surface area contributed by atoms with Gasteiger partial charge < -0.3 is 25.7 Å². The van der Waals surface area contributed by atoms with Gasteiger partial charge in [0.05, 0.1) is 24.0 Å². The van der Waals surface area contributed by atoms with Crippen LogP contribution in [0.25, 0.3) is 22.2 Å². The van der Waals surface area contributed by atoms with Crippen LogP contribution in [0.1, 0.15) is 38.6 Å². The summed E-state index contributed by atoms with van der Waals surface area (Å²) in [5.41, 5.74) is 11.4. The monoisotopic (exact) mass is 392 g/mol. The van der Waals surface area contributed by atoms with Crippen LogP contribution in [0, 0.1) is 0 Å². The fourth-order valence-corrected chi connectivity index (χ4v) is 3.89. The molecule has 1 aliphatic rings.